The summed E-state index contributed by atoms with van der Waals surface area (Å²) < 4.78 is 10.5. The number of β-lactam (4-membered cyclic amide) rings is 1. The maximum Gasteiger partial charge on any atom is 0.355 e. The van der Waals surface area contributed by atoms with Crippen molar-refractivity contribution < 1.29 is 19.1 Å². The third kappa shape index (κ3) is 3.60. The maximum absolute atomic E-state index is 12.7. The number of amides is 1. The molecule has 0 radical (unpaired) electrons. The molecule has 0 bridgehead atoms. The number of methoxy groups -OCH3 is 1. The Labute approximate surface area is 160 Å². The minimum absolute atomic E-state index is 0.102. The average Bonchev–Trinajstić information content (AvgIpc) is 2.69. The summed E-state index contributed by atoms with van der Waals surface area (Å²) in [7, 11) is 1.59. The third-order valence-corrected chi connectivity index (χ3v) is 5.67. The number of carbonyl (C=O) groups is 2. The van der Waals surface area contributed by atoms with Gasteiger partial charge in [-0.2, -0.15) is 0 Å². The summed E-state index contributed by atoms with van der Waals surface area (Å²) in [6.07, 6.45) is 3.50. The van der Waals surface area contributed by atoms with Crippen LogP contribution in [0.3, 0.4) is 0 Å². The van der Waals surface area contributed by atoms with Crippen LogP contribution >= 0.6 is 23.4 Å². The van der Waals surface area contributed by atoms with Crippen LogP contribution < -0.4 is 10.5 Å². The van der Waals surface area contributed by atoms with Gasteiger partial charge in [0.15, 0.2) is 0 Å². The molecule has 2 heterocycles. The third-order valence-electron chi connectivity index (χ3n) is 4.17. The smallest absolute Gasteiger partial charge is 0.355 e. The number of benzene rings is 1. The normalized spacial score (nSPS) is 22.3. The lowest BCUT2D eigenvalue weighted by molar-refractivity contribution is -0.151. The highest BCUT2D eigenvalue weighted by Gasteiger charge is 2.51. The maximum atomic E-state index is 12.7. The van der Waals surface area contributed by atoms with Crippen molar-refractivity contribution in [2.24, 2.45) is 5.73 Å². The lowest BCUT2D eigenvalue weighted by Crippen LogP contribution is -2.68. The van der Waals surface area contributed by atoms with Crippen molar-refractivity contribution in [3.63, 3.8) is 0 Å². The summed E-state index contributed by atoms with van der Waals surface area (Å²) in [6, 6.07) is 6.64. The number of nitrogens with zero attached hydrogens (tertiary/aromatic N) is 1. The molecule has 2 aliphatic rings. The van der Waals surface area contributed by atoms with Crippen LogP contribution in [0.25, 0.3) is 0 Å². The first-order valence-corrected chi connectivity index (χ1v) is 9.61. The highest BCUT2D eigenvalue weighted by Crippen LogP contribution is 2.40. The van der Waals surface area contributed by atoms with E-state index in [2.05, 4.69) is 0 Å². The van der Waals surface area contributed by atoms with E-state index >= 15 is 0 Å². The van der Waals surface area contributed by atoms with Gasteiger partial charge in [0.25, 0.3) is 0 Å². The van der Waals surface area contributed by atoms with Crippen LogP contribution in [0.2, 0.25) is 0 Å². The molecule has 2 aliphatic heterocycles. The molecule has 1 unspecified atom stereocenters. The second kappa shape index (κ2) is 8.16. The summed E-state index contributed by atoms with van der Waals surface area (Å²) >= 11 is 7.23. The number of ether oxygens (including phenoxy) is 2. The van der Waals surface area contributed by atoms with Gasteiger partial charge in [-0.1, -0.05) is 24.3 Å². The van der Waals surface area contributed by atoms with E-state index < -0.39 is 12.0 Å². The van der Waals surface area contributed by atoms with Crippen molar-refractivity contribution in [2.75, 3.05) is 18.7 Å². The van der Waals surface area contributed by atoms with Gasteiger partial charge in [0.1, 0.15) is 29.5 Å². The van der Waals surface area contributed by atoms with Crippen LogP contribution in [-0.4, -0.2) is 46.9 Å². The fraction of sp³-hybridized carbons (Fsp3) is 0.333. The van der Waals surface area contributed by atoms with Gasteiger partial charge in [0.2, 0.25) is 5.91 Å². The standard InChI is InChI=1S/C18H19ClN2O4S/c1-24-13-6-4-11(5-7-13)9-25-18(23)15-12(3-2-8-19)10-26-17-14(20)16(22)21(15)17/h2-7,14,17H,8-10,20H2,1H3/t14-,17?/m1/s1. The zero-order valence-electron chi connectivity index (χ0n) is 14.2. The molecule has 0 aliphatic carbocycles. The van der Waals surface area contributed by atoms with Crippen LogP contribution in [0.1, 0.15) is 5.56 Å². The molecular weight excluding hydrogens is 376 g/mol. The quantitative estimate of drug-likeness (QED) is 0.451. The summed E-state index contributed by atoms with van der Waals surface area (Å²) in [5.74, 6) is 0.807. The van der Waals surface area contributed by atoms with E-state index in [1.807, 2.05) is 12.1 Å². The number of esters is 1. The second-order valence-electron chi connectivity index (χ2n) is 5.79. The largest absolute Gasteiger partial charge is 0.497 e. The van der Waals surface area contributed by atoms with Crippen LogP contribution in [-0.2, 0) is 20.9 Å². The summed E-state index contributed by atoms with van der Waals surface area (Å²) in [6.45, 7) is 0.102. The van der Waals surface area contributed by atoms with Crippen LogP contribution in [0.15, 0.2) is 47.7 Å². The van der Waals surface area contributed by atoms with Crippen molar-refractivity contribution in [1.29, 1.82) is 0 Å². The molecule has 1 saturated heterocycles. The molecule has 1 aromatic carbocycles. The molecule has 1 aromatic rings. The van der Waals surface area contributed by atoms with Crippen molar-refractivity contribution in [1.82, 2.24) is 4.90 Å². The lowest BCUT2D eigenvalue weighted by Gasteiger charge is -2.48. The number of rotatable bonds is 6. The Bertz CT molecular complexity index is 763. The van der Waals surface area contributed by atoms with Crippen LogP contribution in [0.4, 0.5) is 0 Å². The Morgan fingerprint density at radius 2 is 2.15 bits per heavy atom. The number of thioether (sulfide) groups is 1. The van der Waals surface area contributed by atoms with E-state index in [9.17, 15) is 9.59 Å². The average molecular weight is 395 g/mol. The van der Waals surface area contributed by atoms with Crippen LogP contribution in [0.5, 0.6) is 5.75 Å². The fourth-order valence-electron chi connectivity index (χ4n) is 2.78. The number of hydrogen-bond acceptors (Lipinski definition) is 6. The number of fused-ring (bicyclic) bond motifs is 1. The van der Waals surface area contributed by atoms with Gasteiger partial charge in [-0.25, -0.2) is 4.79 Å². The monoisotopic (exact) mass is 394 g/mol. The zero-order valence-corrected chi connectivity index (χ0v) is 15.8. The summed E-state index contributed by atoms with van der Waals surface area (Å²) in [5.41, 5.74) is 7.64. The van der Waals surface area contributed by atoms with Gasteiger partial charge < -0.3 is 15.2 Å². The fourth-order valence-corrected chi connectivity index (χ4v) is 4.14. The van der Waals surface area contributed by atoms with Crippen molar-refractivity contribution in [2.45, 2.75) is 18.0 Å². The summed E-state index contributed by atoms with van der Waals surface area (Å²) in [4.78, 5) is 26.3. The molecule has 2 N–H and O–H groups in total. The van der Waals surface area contributed by atoms with E-state index in [4.69, 9.17) is 26.8 Å². The van der Waals surface area contributed by atoms with E-state index in [1.54, 1.807) is 31.4 Å². The van der Waals surface area contributed by atoms with Crippen LogP contribution in [0, 0.1) is 0 Å². The number of halogens is 1. The molecule has 2 atom stereocenters. The Hall–Kier alpha value is -1.96. The lowest BCUT2D eigenvalue weighted by atomic mass is 10.0. The Balaban J connectivity index is 1.77. The van der Waals surface area contributed by atoms with Gasteiger partial charge in [-0.15, -0.1) is 23.4 Å². The first-order valence-electron chi connectivity index (χ1n) is 8.02. The molecule has 8 heteroatoms. The molecule has 138 valence electrons. The molecule has 6 nitrogen and oxygen atoms in total. The van der Waals surface area contributed by atoms with Crippen molar-refractivity contribution >= 4 is 35.2 Å². The number of carbonyl (C=O) groups excluding carboxylic acids is 2. The van der Waals surface area contributed by atoms with Gasteiger partial charge in [-0.05, 0) is 23.3 Å². The molecule has 0 aromatic heterocycles. The Kier molecular flexibility index (Phi) is 5.90. The SMILES string of the molecule is COc1ccc(COC(=O)C2=C(C=CCCl)CSC3[C@H](N)C(=O)N23)cc1. The minimum Gasteiger partial charge on any atom is -0.497 e. The van der Waals surface area contributed by atoms with E-state index in [0.29, 0.717) is 17.2 Å². The number of allylic oxidation sites excluding steroid dienone is 2. The van der Waals surface area contributed by atoms with Gasteiger partial charge in [0.05, 0.1) is 7.11 Å². The predicted octanol–water partition coefficient (Wildman–Crippen LogP) is 2.03. The highest BCUT2D eigenvalue weighted by atomic mass is 35.5. The molecular formula is C18H19ClN2O4S. The first kappa shape index (κ1) is 18.8. The number of alkyl halides is 1. The molecule has 0 spiro atoms. The second-order valence-corrected chi connectivity index (χ2v) is 7.20. The molecule has 3 rings (SSSR count). The number of nitrogens with two attached hydrogens (primary N) is 1. The topological polar surface area (TPSA) is 81.9 Å². The van der Waals surface area contributed by atoms with E-state index in [-0.39, 0.29) is 23.6 Å². The summed E-state index contributed by atoms with van der Waals surface area (Å²) in [5, 5.41) is -0.223. The highest BCUT2D eigenvalue weighted by molar-refractivity contribution is 8.00. The molecule has 1 fully saturated rings. The van der Waals surface area contributed by atoms with Gasteiger partial charge in [0, 0.05) is 11.6 Å². The molecule has 1 amide bonds. The first-order chi connectivity index (χ1) is 12.6. The molecule has 26 heavy (non-hydrogen) atoms. The predicted molar refractivity (Wildman–Crippen MR) is 101 cm³/mol. The molecule has 0 saturated carbocycles. The zero-order chi connectivity index (χ0) is 18.7. The van der Waals surface area contributed by atoms with Crippen molar-refractivity contribution in [3.8, 4) is 5.75 Å². The Morgan fingerprint density at radius 1 is 1.42 bits per heavy atom. The Morgan fingerprint density at radius 3 is 2.81 bits per heavy atom. The van der Waals surface area contributed by atoms with Crippen molar-refractivity contribution in [3.05, 3.63) is 53.3 Å². The van der Waals surface area contributed by atoms with E-state index in [1.165, 1.54) is 16.7 Å². The van der Waals surface area contributed by atoms with E-state index in [0.717, 1.165) is 11.3 Å². The minimum atomic E-state index is -0.581. The van der Waals surface area contributed by atoms with Gasteiger partial charge in [-0.3, -0.25) is 9.69 Å². The number of hydrogen-bond donors (Lipinski definition) is 1. The van der Waals surface area contributed by atoms with Gasteiger partial charge >= 0.3 is 5.97 Å².